The summed E-state index contributed by atoms with van der Waals surface area (Å²) in [5, 5.41) is 3.57. The van der Waals surface area contributed by atoms with Crippen LogP contribution in [0.15, 0.2) is 47.6 Å². The number of fused-ring (bicyclic) bond motifs is 2. The molecule has 5 rings (SSSR count). The fraction of sp³-hybridized carbons (Fsp3) is 0.467. The van der Waals surface area contributed by atoms with Gasteiger partial charge in [-0.1, -0.05) is 65.8 Å². The predicted octanol–water partition coefficient (Wildman–Crippen LogP) is 7.01. The van der Waals surface area contributed by atoms with E-state index in [0.29, 0.717) is 30.5 Å². The Morgan fingerprint density at radius 1 is 0.943 bits per heavy atom. The van der Waals surface area contributed by atoms with E-state index in [2.05, 4.69) is 92.4 Å². The number of hydrogen-bond donors (Lipinski definition) is 0. The van der Waals surface area contributed by atoms with E-state index in [9.17, 15) is 4.79 Å². The number of aromatic nitrogens is 3. The summed E-state index contributed by atoms with van der Waals surface area (Å²) in [6.07, 6.45) is 14.6. The molecule has 0 fully saturated rings. The Balaban J connectivity index is 0.000000154. The van der Waals surface area contributed by atoms with E-state index in [0.717, 1.165) is 24.1 Å². The van der Waals surface area contributed by atoms with Crippen LogP contribution in [0.1, 0.15) is 106 Å². The second kappa shape index (κ2) is 11.6. The summed E-state index contributed by atoms with van der Waals surface area (Å²) in [6, 6.07) is 4.22. The normalized spacial score (nSPS) is 14.1. The molecule has 0 spiro atoms. The molecule has 0 bridgehead atoms. The Morgan fingerprint density at radius 2 is 1.66 bits per heavy atom. The number of pyridine rings is 2. The molecule has 0 amide bonds. The van der Waals surface area contributed by atoms with Crippen molar-refractivity contribution < 1.29 is 9.32 Å². The van der Waals surface area contributed by atoms with Crippen LogP contribution >= 0.6 is 0 Å². The minimum Gasteiger partial charge on any atom is -0.364 e. The lowest BCUT2D eigenvalue weighted by atomic mass is 9.80. The summed E-state index contributed by atoms with van der Waals surface area (Å²) >= 11 is 0. The van der Waals surface area contributed by atoms with Gasteiger partial charge >= 0.3 is 0 Å². The Bertz CT molecular complexity index is 1150. The van der Waals surface area contributed by atoms with Gasteiger partial charge < -0.3 is 4.52 Å². The van der Waals surface area contributed by atoms with Gasteiger partial charge in [0, 0.05) is 37.2 Å². The largest absolute Gasteiger partial charge is 0.364 e. The van der Waals surface area contributed by atoms with Gasteiger partial charge in [0.25, 0.3) is 0 Å². The van der Waals surface area contributed by atoms with Crippen LogP contribution in [0, 0.1) is 0 Å². The van der Waals surface area contributed by atoms with Crippen molar-refractivity contribution in [1.29, 1.82) is 0 Å². The van der Waals surface area contributed by atoms with E-state index < -0.39 is 0 Å². The van der Waals surface area contributed by atoms with Crippen LogP contribution in [0.25, 0.3) is 6.08 Å². The molecule has 0 saturated carbocycles. The summed E-state index contributed by atoms with van der Waals surface area (Å²) < 4.78 is 4.63. The highest BCUT2D eigenvalue weighted by molar-refractivity contribution is 5.82. The number of hydrogen-bond acceptors (Lipinski definition) is 5. The highest BCUT2D eigenvalue weighted by Gasteiger charge is 2.24. The monoisotopic (exact) mass is 473 g/mol. The first-order valence-corrected chi connectivity index (χ1v) is 12.6. The average Bonchev–Trinajstić information content (AvgIpc) is 3.50. The molecule has 3 aromatic heterocycles. The molecule has 0 radical (unpaired) electrons. The maximum atomic E-state index is 11.3. The van der Waals surface area contributed by atoms with Gasteiger partial charge in [0.1, 0.15) is 12.0 Å². The molecule has 0 unspecified atom stereocenters. The smallest absolute Gasteiger partial charge is 0.139 e. The number of rotatable bonds is 2. The number of carbonyl (C=O) groups excluding carboxylic acids is 1. The molecule has 5 nitrogen and oxygen atoms in total. The zero-order valence-corrected chi connectivity index (χ0v) is 22.3. The van der Waals surface area contributed by atoms with Crippen LogP contribution in [-0.2, 0) is 29.5 Å². The molecule has 0 N–H and O–H groups in total. The van der Waals surface area contributed by atoms with Crippen molar-refractivity contribution in [2.45, 2.75) is 91.4 Å². The summed E-state index contributed by atoms with van der Waals surface area (Å²) in [6.45, 7) is 15.3. The Kier molecular flexibility index (Phi) is 8.76. The maximum absolute atomic E-state index is 11.3. The van der Waals surface area contributed by atoms with Crippen molar-refractivity contribution in [3.8, 4) is 0 Å². The fourth-order valence-electron chi connectivity index (χ4n) is 4.39. The number of nitrogens with zero attached hydrogens (tertiary/aromatic N) is 3. The highest BCUT2D eigenvalue weighted by atomic mass is 16.5. The number of Topliss-reactive ketones (excluding diaryl/α,β-unsaturated/α-hetero) is 1. The molecule has 0 aromatic carbocycles. The van der Waals surface area contributed by atoms with Gasteiger partial charge in [-0.3, -0.25) is 14.8 Å². The summed E-state index contributed by atoms with van der Waals surface area (Å²) in [7, 11) is 0. The average molecular weight is 474 g/mol. The van der Waals surface area contributed by atoms with Crippen LogP contribution < -0.4 is 0 Å². The standard InChI is InChI=1S/C13H17NO.C11H13N.C6H9NO/c1-13(2,3)11-6-7-14-12-8-9(15)4-5-10(11)12;1-8(2)9-6-7-12-11-5-3-4-10(9)11;1-5(2)6-3-7-8-4-6/h6-7H,4-5,8H2,1-3H3;3-4,6-8H,5H2,1-2H3;3-5H,1-2H3. The van der Waals surface area contributed by atoms with Crippen molar-refractivity contribution >= 4 is 11.9 Å². The number of carbonyl (C=O) groups is 1. The van der Waals surface area contributed by atoms with Gasteiger partial charge in [0.15, 0.2) is 0 Å². The van der Waals surface area contributed by atoms with E-state index in [4.69, 9.17) is 0 Å². The maximum Gasteiger partial charge on any atom is 0.139 e. The zero-order chi connectivity index (χ0) is 25.6. The topological polar surface area (TPSA) is 68.9 Å². The van der Waals surface area contributed by atoms with Crippen LogP contribution in [0.4, 0.5) is 0 Å². The third-order valence-corrected chi connectivity index (χ3v) is 6.41. The van der Waals surface area contributed by atoms with Gasteiger partial charge in [-0.2, -0.15) is 0 Å². The molecule has 0 saturated heterocycles. The Labute approximate surface area is 210 Å². The van der Waals surface area contributed by atoms with Crippen LogP contribution in [0.2, 0.25) is 0 Å². The molecule has 2 aliphatic rings. The molecule has 186 valence electrons. The second-order valence-corrected chi connectivity index (χ2v) is 10.9. The molecule has 3 aromatic rings. The van der Waals surface area contributed by atoms with E-state index in [-0.39, 0.29) is 5.41 Å². The minimum atomic E-state index is 0.146. The predicted molar refractivity (Wildman–Crippen MR) is 142 cm³/mol. The minimum absolute atomic E-state index is 0.146. The molecule has 3 heterocycles. The Morgan fingerprint density at radius 3 is 2.26 bits per heavy atom. The van der Waals surface area contributed by atoms with Crippen LogP contribution in [0.5, 0.6) is 0 Å². The molecular formula is C30H39N3O2. The van der Waals surface area contributed by atoms with Gasteiger partial charge in [-0.15, -0.1) is 0 Å². The fourth-order valence-corrected chi connectivity index (χ4v) is 4.39. The van der Waals surface area contributed by atoms with Gasteiger partial charge in [-0.25, -0.2) is 0 Å². The summed E-state index contributed by atoms with van der Waals surface area (Å²) in [5.74, 6) is 1.45. The molecule has 0 aliphatic heterocycles. The van der Waals surface area contributed by atoms with Crippen molar-refractivity contribution in [1.82, 2.24) is 15.1 Å². The molecule has 5 heteroatoms. The van der Waals surface area contributed by atoms with Crippen LogP contribution in [-0.4, -0.2) is 20.9 Å². The first-order valence-electron chi connectivity index (χ1n) is 12.6. The van der Waals surface area contributed by atoms with E-state index in [1.807, 2.05) is 12.4 Å². The van der Waals surface area contributed by atoms with Crippen molar-refractivity contribution in [3.63, 3.8) is 0 Å². The van der Waals surface area contributed by atoms with E-state index >= 15 is 0 Å². The lowest BCUT2D eigenvalue weighted by molar-refractivity contribution is -0.118. The van der Waals surface area contributed by atoms with Gasteiger partial charge in [-0.05, 0) is 58.1 Å². The molecule has 0 atom stereocenters. The lowest BCUT2D eigenvalue weighted by Crippen LogP contribution is -2.22. The van der Waals surface area contributed by atoms with E-state index in [1.165, 1.54) is 27.9 Å². The summed E-state index contributed by atoms with van der Waals surface area (Å²) in [4.78, 5) is 20.0. The van der Waals surface area contributed by atoms with Gasteiger partial charge in [0.05, 0.1) is 17.6 Å². The third-order valence-electron chi connectivity index (χ3n) is 6.41. The van der Waals surface area contributed by atoms with Gasteiger partial charge in [0.2, 0.25) is 0 Å². The first-order chi connectivity index (χ1) is 16.6. The third kappa shape index (κ3) is 6.97. The molecular weight excluding hydrogens is 434 g/mol. The van der Waals surface area contributed by atoms with Crippen molar-refractivity contribution in [2.75, 3.05) is 0 Å². The van der Waals surface area contributed by atoms with E-state index in [1.54, 1.807) is 12.5 Å². The highest BCUT2D eigenvalue weighted by Crippen LogP contribution is 2.30. The first kappa shape index (κ1) is 26.5. The van der Waals surface area contributed by atoms with Crippen LogP contribution in [0.3, 0.4) is 0 Å². The molecule has 35 heavy (non-hydrogen) atoms. The number of ketones is 1. The lowest BCUT2D eigenvalue weighted by Gasteiger charge is -2.26. The van der Waals surface area contributed by atoms with Crippen molar-refractivity contribution in [2.24, 2.45) is 0 Å². The SMILES string of the molecule is CC(C)(C)c1ccnc2c1CCC(=O)C2.CC(C)c1ccnc2c1C=CC2.CC(C)c1cnoc1. The van der Waals surface area contributed by atoms with Crippen molar-refractivity contribution in [3.05, 3.63) is 82.3 Å². The summed E-state index contributed by atoms with van der Waals surface area (Å²) in [5.41, 5.74) is 8.98. The molecule has 2 aliphatic carbocycles. The Hall–Kier alpha value is -3.08. The second-order valence-electron chi connectivity index (χ2n) is 10.9. The number of allylic oxidation sites excluding steroid dienone is 1. The zero-order valence-electron chi connectivity index (χ0n) is 22.3. The quantitative estimate of drug-likeness (QED) is 0.400.